The number of hydrogen-bond donors (Lipinski definition) is 1. The SMILES string of the molecule is CCOc1cccc(S(=O)(=O)N2CCC(O)(Cc3ccccc3F)CC2)c1. The summed E-state index contributed by atoms with van der Waals surface area (Å²) in [5.41, 5.74) is -0.665. The third-order valence-electron chi connectivity index (χ3n) is 4.88. The Morgan fingerprint density at radius 3 is 2.52 bits per heavy atom. The molecule has 146 valence electrons. The van der Waals surface area contributed by atoms with Crippen LogP contribution in [0.25, 0.3) is 0 Å². The number of halogens is 1. The molecule has 0 radical (unpaired) electrons. The fraction of sp³-hybridized carbons (Fsp3) is 0.400. The van der Waals surface area contributed by atoms with Gasteiger partial charge in [-0.05, 0) is 43.5 Å². The van der Waals surface area contributed by atoms with Gasteiger partial charge in [0.15, 0.2) is 0 Å². The summed E-state index contributed by atoms with van der Waals surface area (Å²) in [5.74, 6) is 0.153. The summed E-state index contributed by atoms with van der Waals surface area (Å²) in [6.07, 6.45) is 0.685. The molecule has 0 aromatic heterocycles. The number of piperidine rings is 1. The summed E-state index contributed by atoms with van der Waals surface area (Å²) in [5, 5.41) is 10.8. The average Bonchev–Trinajstić information content (AvgIpc) is 2.64. The van der Waals surface area contributed by atoms with Crippen LogP contribution in [-0.4, -0.2) is 43.1 Å². The van der Waals surface area contributed by atoms with Gasteiger partial charge in [0.05, 0.1) is 17.1 Å². The maximum Gasteiger partial charge on any atom is 0.243 e. The highest BCUT2D eigenvalue weighted by molar-refractivity contribution is 7.89. The number of benzene rings is 2. The molecule has 0 atom stereocenters. The quantitative estimate of drug-likeness (QED) is 0.819. The Balaban J connectivity index is 1.71. The van der Waals surface area contributed by atoms with E-state index in [0.717, 1.165) is 0 Å². The van der Waals surface area contributed by atoms with Crippen molar-refractivity contribution >= 4 is 10.0 Å². The van der Waals surface area contributed by atoms with Crippen LogP contribution >= 0.6 is 0 Å². The molecule has 2 aromatic carbocycles. The van der Waals surface area contributed by atoms with Crippen molar-refractivity contribution in [2.24, 2.45) is 0 Å². The van der Waals surface area contributed by atoms with Crippen LogP contribution in [0.1, 0.15) is 25.3 Å². The van der Waals surface area contributed by atoms with Gasteiger partial charge in [0.25, 0.3) is 0 Å². The predicted octanol–water partition coefficient (Wildman–Crippen LogP) is 2.98. The van der Waals surface area contributed by atoms with Gasteiger partial charge in [-0.1, -0.05) is 24.3 Å². The summed E-state index contributed by atoms with van der Waals surface area (Å²) < 4.78 is 46.4. The van der Waals surface area contributed by atoms with Crippen LogP contribution in [0.15, 0.2) is 53.4 Å². The molecular weight excluding hydrogens is 369 g/mol. The van der Waals surface area contributed by atoms with E-state index in [4.69, 9.17) is 4.74 Å². The van der Waals surface area contributed by atoms with E-state index in [1.165, 1.54) is 22.5 Å². The fourth-order valence-electron chi connectivity index (χ4n) is 3.36. The van der Waals surface area contributed by atoms with Crippen molar-refractivity contribution in [3.63, 3.8) is 0 Å². The van der Waals surface area contributed by atoms with Gasteiger partial charge in [0, 0.05) is 25.6 Å². The molecule has 3 rings (SSSR count). The number of sulfonamides is 1. The lowest BCUT2D eigenvalue weighted by atomic mass is 9.86. The molecule has 0 spiro atoms. The van der Waals surface area contributed by atoms with Crippen molar-refractivity contribution in [1.29, 1.82) is 0 Å². The van der Waals surface area contributed by atoms with Gasteiger partial charge in [-0.2, -0.15) is 4.31 Å². The number of ether oxygens (including phenoxy) is 1. The van der Waals surface area contributed by atoms with E-state index in [2.05, 4.69) is 0 Å². The molecule has 27 heavy (non-hydrogen) atoms. The highest BCUT2D eigenvalue weighted by Gasteiger charge is 2.37. The van der Waals surface area contributed by atoms with E-state index in [-0.39, 0.29) is 43.1 Å². The predicted molar refractivity (Wildman–Crippen MR) is 101 cm³/mol. The molecule has 0 unspecified atom stereocenters. The first-order chi connectivity index (χ1) is 12.8. The first kappa shape index (κ1) is 19.8. The zero-order chi connectivity index (χ0) is 19.5. The second-order valence-electron chi connectivity index (χ2n) is 6.80. The molecule has 1 aliphatic heterocycles. The standard InChI is InChI=1S/C20H24FNO4S/c1-2-26-17-7-5-8-18(14-17)27(24,25)22-12-10-20(23,11-13-22)15-16-6-3-4-9-19(16)21/h3-9,14,23H,2,10-13,15H2,1H3. The minimum atomic E-state index is -3.67. The summed E-state index contributed by atoms with van der Waals surface area (Å²) >= 11 is 0. The number of aliphatic hydroxyl groups is 1. The molecular formula is C20H24FNO4S. The molecule has 0 saturated carbocycles. The van der Waals surface area contributed by atoms with E-state index in [0.29, 0.717) is 17.9 Å². The zero-order valence-corrected chi connectivity index (χ0v) is 16.1. The van der Waals surface area contributed by atoms with Gasteiger partial charge in [0.1, 0.15) is 11.6 Å². The molecule has 0 amide bonds. The highest BCUT2D eigenvalue weighted by atomic mass is 32.2. The Morgan fingerprint density at radius 2 is 1.85 bits per heavy atom. The van der Waals surface area contributed by atoms with Crippen LogP contribution < -0.4 is 4.74 Å². The van der Waals surface area contributed by atoms with Crippen molar-refractivity contribution in [2.45, 2.75) is 36.7 Å². The minimum Gasteiger partial charge on any atom is -0.494 e. The summed E-state index contributed by atoms with van der Waals surface area (Å²) in [7, 11) is -3.67. The monoisotopic (exact) mass is 393 g/mol. The number of hydrogen-bond acceptors (Lipinski definition) is 4. The van der Waals surface area contributed by atoms with Crippen molar-refractivity contribution in [1.82, 2.24) is 4.31 Å². The van der Waals surface area contributed by atoms with Crippen LogP contribution in [0.3, 0.4) is 0 Å². The van der Waals surface area contributed by atoms with Crippen molar-refractivity contribution in [3.8, 4) is 5.75 Å². The van der Waals surface area contributed by atoms with E-state index >= 15 is 0 Å². The Bertz CT molecular complexity index is 892. The maximum absolute atomic E-state index is 13.9. The second kappa shape index (κ2) is 7.96. The number of rotatable bonds is 6. The Morgan fingerprint density at radius 1 is 1.15 bits per heavy atom. The van der Waals surface area contributed by atoms with E-state index in [9.17, 15) is 17.9 Å². The third kappa shape index (κ3) is 4.48. The van der Waals surface area contributed by atoms with Gasteiger partial charge in [-0.3, -0.25) is 0 Å². The highest BCUT2D eigenvalue weighted by Crippen LogP contribution is 2.31. The van der Waals surface area contributed by atoms with E-state index in [1.54, 1.807) is 30.3 Å². The van der Waals surface area contributed by atoms with Gasteiger partial charge in [-0.25, -0.2) is 12.8 Å². The van der Waals surface area contributed by atoms with Gasteiger partial charge < -0.3 is 9.84 Å². The molecule has 1 saturated heterocycles. The minimum absolute atomic E-state index is 0.174. The normalized spacial score (nSPS) is 17.6. The third-order valence-corrected chi connectivity index (χ3v) is 6.78. The molecule has 7 heteroatoms. The van der Waals surface area contributed by atoms with Crippen LogP contribution in [0.4, 0.5) is 4.39 Å². The molecule has 0 aliphatic carbocycles. The summed E-state index contributed by atoms with van der Waals surface area (Å²) in [6.45, 7) is 2.66. The average molecular weight is 393 g/mol. The van der Waals surface area contributed by atoms with Crippen molar-refractivity contribution < 1.29 is 22.7 Å². The first-order valence-corrected chi connectivity index (χ1v) is 10.5. The lowest BCUT2D eigenvalue weighted by molar-refractivity contribution is -0.00506. The molecule has 1 fully saturated rings. The van der Waals surface area contributed by atoms with Crippen molar-refractivity contribution in [2.75, 3.05) is 19.7 Å². The van der Waals surface area contributed by atoms with Crippen LogP contribution in [0.2, 0.25) is 0 Å². The molecule has 0 bridgehead atoms. The second-order valence-corrected chi connectivity index (χ2v) is 8.74. The molecule has 1 N–H and O–H groups in total. The molecule has 5 nitrogen and oxygen atoms in total. The Kier molecular flexibility index (Phi) is 5.83. The van der Waals surface area contributed by atoms with E-state index in [1.807, 2.05) is 6.92 Å². The van der Waals surface area contributed by atoms with Crippen LogP contribution in [0.5, 0.6) is 5.75 Å². The van der Waals surface area contributed by atoms with Crippen LogP contribution in [0, 0.1) is 5.82 Å². The lowest BCUT2D eigenvalue weighted by Crippen LogP contribution is -2.47. The lowest BCUT2D eigenvalue weighted by Gasteiger charge is -2.37. The molecule has 2 aromatic rings. The summed E-state index contributed by atoms with van der Waals surface area (Å²) in [4.78, 5) is 0.174. The maximum atomic E-state index is 13.9. The first-order valence-electron chi connectivity index (χ1n) is 9.03. The smallest absolute Gasteiger partial charge is 0.243 e. The fourth-order valence-corrected chi connectivity index (χ4v) is 4.83. The van der Waals surface area contributed by atoms with Gasteiger partial charge >= 0.3 is 0 Å². The molecule has 1 heterocycles. The summed E-state index contributed by atoms with van der Waals surface area (Å²) in [6, 6.07) is 12.8. The largest absolute Gasteiger partial charge is 0.494 e. The van der Waals surface area contributed by atoms with Gasteiger partial charge in [-0.15, -0.1) is 0 Å². The number of nitrogens with zero attached hydrogens (tertiary/aromatic N) is 1. The Hall–Kier alpha value is -1.96. The van der Waals surface area contributed by atoms with Gasteiger partial charge in [0.2, 0.25) is 10.0 Å². The van der Waals surface area contributed by atoms with Crippen molar-refractivity contribution in [3.05, 3.63) is 59.9 Å². The Labute approximate surface area is 159 Å². The van der Waals surface area contributed by atoms with Crippen LogP contribution in [-0.2, 0) is 16.4 Å². The zero-order valence-electron chi connectivity index (χ0n) is 15.3. The topological polar surface area (TPSA) is 66.8 Å². The van der Waals surface area contributed by atoms with E-state index < -0.39 is 15.6 Å². The molecule has 1 aliphatic rings.